The number of hydrogen-bond donors (Lipinski definition) is 2. The molecule has 0 aliphatic heterocycles. The number of phenols is 1. The monoisotopic (exact) mass is 394 g/mol. The number of aromatic hydroxyl groups is 1. The Hall–Kier alpha value is -1.75. The van der Waals surface area contributed by atoms with Crippen LogP contribution in [0.2, 0.25) is 0 Å². The lowest BCUT2D eigenvalue weighted by molar-refractivity contribution is 0.125. The third-order valence-corrected chi connectivity index (χ3v) is 4.91. The Bertz CT molecular complexity index is 530. The molecule has 0 saturated carbocycles. The average molecular weight is 395 g/mol. The van der Waals surface area contributed by atoms with Gasteiger partial charge in [-0.2, -0.15) is 0 Å². The fourth-order valence-corrected chi connectivity index (χ4v) is 3.26. The van der Waals surface area contributed by atoms with Crippen molar-refractivity contribution in [2.75, 3.05) is 13.2 Å². The molecule has 2 N–H and O–H groups in total. The van der Waals surface area contributed by atoms with Gasteiger partial charge in [-0.15, -0.1) is 0 Å². The molecule has 0 aromatic heterocycles. The van der Waals surface area contributed by atoms with E-state index in [1.165, 1.54) is 63.9 Å². The third-order valence-electron chi connectivity index (χ3n) is 4.91. The lowest BCUT2D eigenvalue weighted by Gasteiger charge is -2.08. The van der Waals surface area contributed by atoms with Crippen LogP contribution in [0.15, 0.2) is 18.2 Å². The molecule has 5 nitrogen and oxygen atoms in total. The number of carbonyl (C=O) groups is 1. The lowest BCUT2D eigenvalue weighted by Crippen LogP contribution is -2.03. The maximum atomic E-state index is 10.6. The van der Waals surface area contributed by atoms with Gasteiger partial charge in [0.2, 0.25) is 0 Å². The molecule has 0 saturated heterocycles. The van der Waals surface area contributed by atoms with E-state index in [1.807, 2.05) is 6.07 Å². The number of hydrogen-bond acceptors (Lipinski definition) is 4. The highest BCUT2D eigenvalue weighted by molar-refractivity contribution is 5.63. The van der Waals surface area contributed by atoms with Crippen LogP contribution in [-0.2, 0) is 11.2 Å². The molecular formula is C23H38O5. The van der Waals surface area contributed by atoms with Gasteiger partial charge in [0.15, 0.2) is 11.5 Å². The summed E-state index contributed by atoms with van der Waals surface area (Å²) in [6, 6.07) is 4.98. The van der Waals surface area contributed by atoms with Crippen LogP contribution < -0.4 is 4.74 Å². The number of rotatable bonds is 17. The highest BCUT2D eigenvalue weighted by atomic mass is 16.7. The van der Waals surface area contributed by atoms with E-state index in [4.69, 9.17) is 9.84 Å². The van der Waals surface area contributed by atoms with Gasteiger partial charge < -0.3 is 19.7 Å². The molecule has 0 atom stereocenters. The molecule has 0 unspecified atom stereocenters. The highest BCUT2D eigenvalue weighted by Gasteiger charge is 2.10. The van der Waals surface area contributed by atoms with Crippen LogP contribution in [0.1, 0.15) is 89.5 Å². The van der Waals surface area contributed by atoms with Crippen molar-refractivity contribution in [3.05, 3.63) is 23.8 Å². The largest absolute Gasteiger partial charge is 0.511 e. The van der Waals surface area contributed by atoms with Gasteiger partial charge in [0, 0.05) is 13.2 Å². The van der Waals surface area contributed by atoms with Crippen LogP contribution in [0.4, 0.5) is 4.79 Å². The second kappa shape index (κ2) is 16.2. The Morgan fingerprint density at radius 3 is 2.04 bits per heavy atom. The molecule has 1 rings (SSSR count). The summed E-state index contributed by atoms with van der Waals surface area (Å²) < 4.78 is 10.3. The van der Waals surface area contributed by atoms with Crippen LogP contribution in [0.3, 0.4) is 0 Å². The minimum absolute atomic E-state index is 0.00757. The molecule has 0 fully saturated rings. The fourth-order valence-electron chi connectivity index (χ4n) is 3.26. The number of ether oxygens (including phenoxy) is 2. The summed E-state index contributed by atoms with van der Waals surface area (Å²) in [6.45, 7) is 4.04. The summed E-state index contributed by atoms with van der Waals surface area (Å²) in [6.07, 6.45) is 13.9. The van der Waals surface area contributed by atoms with E-state index < -0.39 is 6.16 Å². The van der Waals surface area contributed by atoms with E-state index in [2.05, 4.69) is 11.7 Å². The van der Waals surface area contributed by atoms with E-state index in [9.17, 15) is 9.90 Å². The van der Waals surface area contributed by atoms with Crippen LogP contribution in [0.5, 0.6) is 11.5 Å². The van der Waals surface area contributed by atoms with Gasteiger partial charge in [0.1, 0.15) is 0 Å². The number of phenolic OH excluding ortho intramolecular Hbond substituents is 1. The number of aryl methyl sites for hydroxylation is 1. The first-order chi connectivity index (χ1) is 13.6. The number of para-hydroxylation sites is 1. The Balaban J connectivity index is 1.95. The average Bonchev–Trinajstić information content (AvgIpc) is 2.67. The van der Waals surface area contributed by atoms with Gasteiger partial charge in [0.25, 0.3) is 0 Å². The quantitative estimate of drug-likeness (QED) is 0.174. The molecule has 0 aliphatic carbocycles. The second-order valence-corrected chi connectivity index (χ2v) is 7.38. The molecule has 1 aromatic rings. The van der Waals surface area contributed by atoms with E-state index in [0.717, 1.165) is 44.5 Å². The first kappa shape index (κ1) is 24.3. The van der Waals surface area contributed by atoms with E-state index in [1.54, 1.807) is 6.07 Å². The molecule has 160 valence electrons. The standard InChI is InChI=1S/C23H38O5/c1-2-3-4-9-12-18-27-19-13-10-7-5-6-8-11-15-20-16-14-17-21(22(20)24)28-23(25)26/h14,16-17,24H,2-13,15,18-19H2,1H3,(H,25,26). The lowest BCUT2D eigenvalue weighted by atomic mass is 10.0. The van der Waals surface area contributed by atoms with Gasteiger partial charge in [-0.3, -0.25) is 0 Å². The van der Waals surface area contributed by atoms with E-state index in [-0.39, 0.29) is 11.5 Å². The predicted molar refractivity (Wildman–Crippen MR) is 112 cm³/mol. The normalized spacial score (nSPS) is 10.9. The van der Waals surface area contributed by atoms with Crippen molar-refractivity contribution in [2.24, 2.45) is 0 Å². The second-order valence-electron chi connectivity index (χ2n) is 7.38. The molecule has 0 radical (unpaired) electrons. The van der Waals surface area contributed by atoms with Crippen LogP contribution >= 0.6 is 0 Å². The maximum absolute atomic E-state index is 10.6. The van der Waals surface area contributed by atoms with Crippen molar-refractivity contribution in [1.29, 1.82) is 0 Å². The summed E-state index contributed by atoms with van der Waals surface area (Å²) in [5, 5.41) is 18.7. The molecule has 0 heterocycles. The summed E-state index contributed by atoms with van der Waals surface area (Å²) in [7, 11) is 0. The Morgan fingerprint density at radius 2 is 1.43 bits per heavy atom. The molecular weight excluding hydrogens is 356 g/mol. The van der Waals surface area contributed by atoms with Crippen molar-refractivity contribution in [2.45, 2.75) is 90.4 Å². The minimum Gasteiger partial charge on any atom is -0.504 e. The first-order valence-corrected chi connectivity index (χ1v) is 10.9. The van der Waals surface area contributed by atoms with Crippen LogP contribution in [0.25, 0.3) is 0 Å². The Labute approximate surface area is 170 Å². The molecule has 0 amide bonds. The summed E-state index contributed by atoms with van der Waals surface area (Å²) in [5.74, 6) is -0.0524. The van der Waals surface area contributed by atoms with Crippen molar-refractivity contribution in [3.8, 4) is 11.5 Å². The van der Waals surface area contributed by atoms with E-state index >= 15 is 0 Å². The molecule has 28 heavy (non-hydrogen) atoms. The van der Waals surface area contributed by atoms with Gasteiger partial charge >= 0.3 is 6.16 Å². The number of benzene rings is 1. The Kier molecular flexibility index (Phi) is 14.1. The first-order valence-electron chi connectivity index (χ1n) is 10.9. The fraction of sp³-hybridized carbons (Fsp3) is 0.696. The van der Waals surface area contributed by atoms with Crippen molar-refractivity contribution < 1.29 is 24.5 Å². The topological polar surface area (TPSA) is 76.0 Å². The highest BCUT2D eigenvalue weighted by Crippen LogP contribution is 2.31. The van der Waals surface area contributed by atoms with Gasteiger partial charge in [0.05, 0.1) is 0 Å². The van der Waals surface area contributed by atoms with Gasteiger partial charge in [-0.25, -0.2) is 4.79 Å². The molecule has 5 heteroatoms. The van der Waals surface area contributed by atoms with Crippen molar-refractivity contribution >= 4 is 6.16 Å². The number of unbranched alkanes of at least 4 members (excludes halogenated alkanes) is 10. The predicted octanol–water partition coefficient (Wildman–Crippen LogP) is 6.71. The zero-order valence-corrected chi connectivity index (χ0v) is 17.5. The zero-order valence-electron chi connectivity index (χ0n) is 17.5. The summed E-state index contributed by atoms with van der Waals surface area (Å²) in [4.78, 5) is 10.6. The summed E-state index contributed by atoms with van der Waals surface area (Å²) >= 11 is 0. The molecule has 1 aromatic carbocycles. The summed E-state index contributed by atoms with van der Waals surface area (Å²) in [5.41, 5.74) is 0.741. The maximum Gasteiger partial charge on any atom is 0.511 e. The molecule has 0 spiro atoms. The van der Waals surface area contributed by atoms with Gasteiger partial charge in [-0.05, 0) is 37.3 Å². The Morgan fingerprint density at radius 1 is 0.857 bits per heavy atom. The van der Waals surface area contributed by atoms with E-state index in [0.29, 0.717) is 0 Å². The van der Waals surface area contributed by atoms with Crippen molar-refractivity contribution in [3.63, 3.8) is 0 Å². The van der Waals surface area contributed by atoms with Crippen LogP contribution in [-0.4, -0.2) is 29.6 Å². The zero-order chi connectivity index (χ0) is 20.5. The minimum atomic E-state index is -1.41. The van der Waals surface area contributed by atoms with Crippen molar-refractivity contribution in [1.82, 2.24) is 0 Å². The van der Waals surface area contributed by atoms with Crippen LogP contribution in [0, 0.1) is 0 Å². The SMILES string of the molecule is CCCCCCCOCCCCCCCCCc1cccc(OC(=O)O)c1O. The molecule has 0 bridgehead atoms. The van der Waals surface area contributed by atoms with Gasteiger partial charge in [-0.1, -0.05) is 76.8 Å². The smallest absolute Gasteiger partial charge is 0.504 e. The number of carboxylic acid groups (broad SMARTS) is 1. The molecule has 0 aliphatic rings. The third kappa shape index (κ3) is 11.9.